The van der Waals surface area contributed by atoms with E-state index in [1.807, 2.05) is 11.6 Å². The summed E-state index contributed by atoms with van der Waals surface area (Å²) < 4.78 is 1.04. The number of carbonyl (C=O) groups excluding carboxylic acids is 1. The number of benzene rings is 1. The third kappa shape index (κ3) is 2.51. The zero-order valence-corrected chi connectivity index (χ0v) is 17.1. The summed E-state index contributed by atoms with van der Waals surface area (Å²) in [5, 5.41) is 3.48. The van der Waals surface area contributed by atoms with Gasteiger partial charge < -0.3 is 5.32 Å². The van der Waals surface area contributed by atoms with E-state index in [9.17, 15) is 4.79 Å². The number of allylic oxidation sites excluding steroid dienone is 2. The SMILES string of the molecule is CC[C@]1(c2cccc(Br)c2)C2=C(CC(C)(C)CC2=O)Nc2ncsc21. The van der Waals surface area contributed by atoms with Crippen molar-refractivity contribution < 1.29 is 4.79 Å². The fraction of sp³-hybridized carbons (Fsp3) is 0.400. The van der Waals surface area contributed by atoms with Crippen LogP contribution >= 0.6 is 27.3 Å². The molecule has 0 spiro atoms. The maximum Gasteiger partial charge on any atom is 0.162 e. The molecular formula is C20H21BrN2OS. The molecule has 25 heavy (non-hydrogen) atoms. The highest BCUT2D eigenvalue weighted by Crippen LogP contribution is 2.55. The third-order valence-corrected chi connectivity index (χ3v) is 6.86. The maximum absolute atomic E-state index is 13.3. The normalized spacial score (nSPS) is 24.6. The fourth-order valence-corrected chi connectivity index (χ4v) is 5.83. The average Bonchev–Trinajstić information content (AvgIpc) is 3.00. The molecule has 2 aliphatic rings. The smallest absolute Gasteiger partial charge is 0.162 e. The van der Waals surface area contributed by atoms with Crippen molar-refractivity contribution in [2.45, 2.75) is 45.4 Å². The number of rotatable bonds is 2. The molecule has 1 aromatic carbocycles. The van der Waals surface area contributed by atoms with Crippen LogP contribution in [0.25, 0.3) is 0 Å². The fourth-order valence-electron chi connectivity index (χ4n) is 4.39. The molecule has 130 valence electrons. The van der Waals surface area contributed by atoms with Crippen LogP contribution in [-0.4, -0.2) is 10.8 Å². The number of fused-ring (bicyclic) bond motifs is 1. The van der Waals surface area contributed by atoms with Crippen molar-refractivity contribution in [3.05, 3.63) is 56.0 Å². The molecule has 3 nitrogen and oxygen atoms in total. The van der Waals surface area contributed by atoms with Gasteiger partial charge in [-0.05, 0) is 36.0 Å². The number of aromatic nitrogens is 1. The summed E-state index contributed by atoms with van der Waals surface area (Å²) in [7, 11) is 0. The Hall–Kier alpha value is -1.46. The van der Waals surface area contributed by atoms with Gasteiger partial charge in [-0.2, -0.15) is 0 Å². The van der Waals surface area contributed by atoms with E-state index >= 15 is 0 Å². The van der Waals surface area contributed by atoms with Gasteiger partial charge in [-0.1, -0.05) is 48.8 Å². The largest absolute Gasteiger partial charge is 0.342 e. The predicted octanol–water partition coefficient (Wildman–Crippen LogP) is 5.67. The van der Waals surface area contributed by atoms with E-state index < -0.39 is 5.41 Å². The average molecular weight is 417 g/mol. The molecule has 1 N–H and O–H groups in total. The molecular weight excluding hydrogens is 396 g/mol. The van der Waals surface area contributed by atoms with Crippen LogP contribution in [0.3, 0.4) is 0 Å². The van der Waals surface area contributed by atoms with Crippen LogP contribution in [0.1, 0.15) is 50.5 Å². The van der Waals surface area contributed by atoms with Crippen LogP contribution in [0, 0.1) is 5.41 Å². The summed E-state index contributed by atoms with van der Waals surface area (Å²) >= 11 is 5.25. The molecule has 0 amide bonds. The number of ketones is 1. The topological polar surface area (TPSA) is 42.0 Å². The summed E-state index contributed by atoms with van der Waals surface area (Å²) in [6, 6.07) is 8.37. The minimum absolute atomic E-state index is 0.0206. The second-order valence-electron chi connectivity index (χ2n) is 7.72. The molecule has 1 aromatic heterocycles. The first-order valence-electron chi connectivity index (χ1n) is 8.61. The molecule has 0 saturated heterocycles. The molecule has 0 radical (unpaired) electrons. The Balaban J connectivity index is 2.04. The van der Waals surface area contributed by atoms with E-state index in [2.05, 4.69) is 65.2 Å². The first-order valence-corrected chi connectivity index (χ1v) is 10.3. The van der Waals surface area contributed by atoms with Crippen LogP contribution in [0.2, 0.25) is 0 Å². The van der Waals surface area contributed by atoms with Gasteiger partial charge in [-0.3, -0.25) is 4.79 Å². The van der Waals surface area contributed by atoms with Gasteiger partial charge >= 0.3 is 0 Å². The molecule has 2 heterocycles. The Labute approximate surface area is 160 Å². The molecule has 5 heteroatoms. The van der Waals surface area contributed by atoms with E-state index in [-0.39, 0.29) is 11.2 Å². The second-order valence-corrected chi connectivity index (χ2v) is 9.49. The number of hydrogen-bond donors (Lipinski definition) is 1. The second kappa shape index (κ2) is 5.78. The van der Waals surface area contributed by atoms with Gasteiger partial charge in [0.15, 0.2) is 5.78 Å². The molecule has 0 fully saturated rings. The van der Waals surface area contributed by atoms with E-state index in [1.54, 1.807) is 11.3 Å². The molecule has 2 aromatic rings. The lowest BCUT2D eigenvalue weighted by atomic mass is 9.62. The van der Waals surface area contributed by atoms with Gasteiger partial charge in [0.2, 0.25) is 0 Å². The number of Topliss-reactive ketones (excluding diaryl/α,β-unsaturated/α-hetero) is 1. The zero-order valence-electron chi connectivity index (χ0n) is 14.6. The van der Waals surface area contributed by atoms with Crippen LogP contribution in [0.15, 0.2) is 45.5 Å². The molecule has 1 atom stereocenters. The first-order chi connectivity index (χ1) is 11.9. The minimum atomic E-state index is -0.408. The maximum atomic E-state index is 13.3. The van der Waals surface area contributed by atoms with Gasteiger partial charge in [-0.15, -0.1) is 11.3 Å². The van der Waals surface area contributed by atoms with Gasteiger partial charge in [0.25, 0.3) is 0 Å². The Bertz CT molecular complexity index is 899. The lowest BCUT2D eigenvalue weighted by molar-refractivity contribution is -0.118. The van der Waals surface area contributed by atoms with Crippen LogP contribution in [0.5, 0.6) is 0 Å². The number of thiazole rings is 1. The standard InChI is InChI=1S/C20H21BrN2OS/c1-4-20(12-6-5-7-13(21)8-12)16-14(9-19(2,3)10-15(16)24)23-18-17(20)25-11-22-18/h5-8,11,23H,4,9-10H2,1-3H3/t20-/m0/s1. The van der Waals surface area contributed by atoms with Crippen molar-refractivity contribution in [2.24, 2.45) is 5.41 Å². The van der Waals surface area contributed by atoms with E-state index in [0.29, 0.717) is 6.42 Å². The lowest BCUT2D eigenvalue weighted by Gasteiger charge is -2.44. The minimum Gasteiger partial charge on any atom is -0.342 e. The van der Waals surface area contributed by atoms with Crippen molar-refractivity contribution in [1.82, 2.24) is 4.98 Å². The van der Waals surface area contributed by atoms with Crippen molar-refractivity contribution in [3.63, 3.8) is 0 Å². The highest BCUT2D eigenvalue weighted by Gasteiger charge is 2.50. The van der Waals surface area contributed by atoms with E-state index in [1.165, 1.54) is 0 Å². The first kappa shape index (κ1) is 17.0. The van der Waals surface area contributed by atoms with E-state index in [4.69, 9.17) is 0 Å². The Morgan fingerprint density at radius 3 is 2.84 bits per heavy atom. The molecule has 1 aliphatic carbocycles. The van der Waals surface area contributed by atoms with Crippen LogP contribution < -0.4 is 5.32 Å². The zero-order chi connectivity index (χ0) is 17.8. The molecule has 0 unspecified atom stereocenters. The van der Waals surface area contributed by atoms with Crippen molar-refractivity contribution in [3.8, 4) is 0 Å². The van der Waals surface area contributed by atoms with Gasteiger partial charge in [0.05, 0.1) is 15.8 Å². The van der Waals surface area contributed by atoms with Gasteiger partial charge in [0.1, 0.15) is 5.82 Å². The lowest BCUT2D eigenvalue weighted by Crippen LogP contribution is -2.42. The van der Waals surface area contributed by atoms with Crippen LogP contribution in [-0.2, 0) is 10.2 Å². The number of halogens is 1. The number of nitrogens with zero attached hydrogens (tertiary/aromatic N) is 1. The van der Waals surface area contributed by atoms with Crippen molar-refractivity contribution >= 4 is 38.9 Å². The summed E-state index contributed by atoms with van der Waals surface area (Å²) in [6.45, 7) is 6.51. The van der Waals surface area contributed by atoms with Crippen molar-refractivity contribution in [2.75, 3.05) is 5.32 Å². The molecule has 0 saturated carbocycles. The predicted molar refractivity (Wildman–Crippen MR) is 106 cm³/mol. The Kier molecular flexibility index (Phi) is 3.92. The summed E-state index contributed by atoms with van der Waals surface area (Å²) in [5.41, 5.74) is 4.62. The number of carbonyl (C=O) groups is 1. The van der Waals surface area contributed by atoms with Crippen molar-refractivity contribution in [1.29, 1.82) is 0 Å². The summed E-state index contributed by atoms with van der Waals surface area (Å²) in [6.07, 6.45) is 2.31. The molecule has 1 aliphatic heterocycles. The molecule has 4 rings (SSSR count). The summed E-state index contributed by atoms with van der Waals surface area (Å²) in [5.74, 6) is 1.18. The quantitative estimate of drug-likeness (QED) is 0.685. The molecule has 0 bridgehead atoms. The third-order valence-electron chi connectivity index (χ3n) is 5.37. The Morgan fingerprint density at radius 1 is 1.32 bits per heavy atom. The number of nitrogens with one attached hydrogen (secondary N) is 1. The van der Waals surface area contributed by atoms with Crippen LogP contribution in [0.4, 0.5) is 5.82 Å². The Morgan fingerprint density at radius 2 is 2.12 bits per heavy atom. The number of anilines is 1. The van der Waals surface area contributed by atoms with E-state index in [0.717, 1.165) is 44.8 Å². The summed E-state index contributed by atoms with van der Waals surface area (Å²) in [4.78, 5) is 19.0. The number of hydrogen-bond acceptors (Lipinski definition) is 4. The highest BCUT2D eigenvalue weighted by molar-refractivity contribution is 9.10. The van der Waals surface area contributed by atoms with Gasteiger partial charge in [-0.25, -0.2) is 4.98 Å². The highest BCUT2D eigenvalue weighted by atomic mass is 79.9. The monoisotopic (exact) mass is 416 g/mol. The van der Waals surface area contributed by atoms with Gasteiger partial charge in [0, 0.05) is 22.2 Å².